The third-order valence-corrected chi connectivity index (χ3v) is 12.3. The van der Waals surface area contributed by atoms with Gasteiger partial charge in [0.15, 0.2) is 18.3 Å². The molecule has 0 spiro atoms. The number of hydrogen-bond acceptors (Lipinski definition) is 7. The molecule has 0 saturated carbocycles. The van der Waals surface area contributed by atoms with E-state index in [1.54, 1.807) is 25.6 Å². The molecule has 1 N–H and O–H groups in total. The van der Waals surface area contributed by atoms with Crippen molar-refractivity contribution in [3.63, 3.8) is 0 Å². The van der Waals surface area contributed by atoms with Gasteiger partial charge < -0.3 is 33.2 Å². The van der Waals surface area contributed by atoms with Crippen LogP contribution < -0.4 is 14.2 Å². The molecule has 0 radical (unpaired) electrons. The molecular weight excluding hydrogens is 761 g/mol. The van der Waals surface area contributed by atoms with Crippen molar-refractivity contribution in [2.24, 2.45) is 0 Å². The van der Waals surface area contributed by atoms with Crippen molar-refractivity contribution in [1.82, 2.24) is 9.13 Å². The van der Waals surface area contributed by atoms with Crippen LogP contribution in [-0.4, -0.2) is 41.9 Å². The third-order valence-electron chi connectivity index (χ3n) is 10.3. The van der Waals surface area contributed by atoms with Crippen molar-refractivity contribution in [1.29, 1.82) is 0 Å². The minimum Gasteiger partial charge on any atom is -0.504 e. The number of fused-ring (bicyclic) bond motifs is 6. The highest BCUT2D eigenvalue weighted by atomic mass is 32.1. The zero-order valence-corrected chi connectivity index (χ0v) is 33.8. The lowest BCUT2D eigenvalue weighted by Gasteiger charge is -2.14. The lowest BCUT2D eigenvalue weighted by Crippen LogP contribution is -2.05. The fourth-order valence-electron chi connectivity index (χ4n) is 7.72. The SMILES string of the molecule is CCOCOc1c(-n2c3ccccc3c3ccccc32)csc1-c1ccccc1OC.COc1ccccc1-c1scc(-n2c3ccccc3c3ccccc32)c1O. The number of ether oxygens (including phenoxy) is 4. The van der Waals surface area contributed by atoms with E-state index in [-0.39, 0.29) is 12.5 Å². The van der Waals surface area contributed by atoms with Crippen molar-refractivity contribution < 1.29 is 24.1 Å². The van der Waals surface area contributed by atoms with Gasteiger partial charge in [0, 0.05) is 50.0 Å². The van der Waals surface area contributed by atoms with Gasteiger partial charge in [-0.05, 0) is 55.5 Å². The monoisotopic (exact) mass is 800 g/mol. The first-order chi connectivity index (χ1) is 28.6. The molecule has 0 saturated heterocycles. The van der Waals surface area contributed by atoms with E-state index in [4.69, 9.17) is 18.9 Å². The predicted octanol–water partition coefficient (Wildman–Crippen LogP) is 13.1. The maximum absolute atomic E-state index is 11.1. The van der Waals surface area contributed by atoms with Gasteiger partial charge in [0.2, 0.25) is 0 Å². The molecule has 9 heteroatoms. The van der Waals surface area contributed by atoms with Crippen molar-refractivity contribution in [2.75, 3.05) is 27.6 Å². The molecule has 0 unspecified atom stereocenters. The highest BCUT2D eigenvalue weighted by Gasteiger charge is 2.23. The molecule has 0 aliphatic carbocycles. The van der Waals surface area contributed by atoms with E-state index in [0.29, 0.717) is 6.61 Å². The largest absolute Gasteiger partial charge is 0.504 e. The van der Waals surface area contributed by atoms with E-state index in [9.17, 15) is 5.11 Å². The van der Waals surface area contributed by atoms with Crippen LogP contribution in [-0.2, 0) is 4.74 Å². The van der Waals surface area contributed by atoms with Crippen LogP contribution in [0.25, 0.3) is 75.9 Å². The van der Waals surface area contributed by atoms with Crippen LogP contribution in [0.3, 0.4) is 0 Å². The Morgan fingerprint density at radius 2 is 0.897 bits per heavy atom. The normalized spacial score (nSPS) is 11.3. The molecule has 0 amide bonds. The lowest BCUT2D eigenvalue weighted by molar-refractivity contribution is 0.0230. The summed E-state index contributed by atoms with van der Waals surface area (Å²) in [4.78, 5) is 1.83. The first-order valence-corrected chi connectivity index (χ1v) is 20.7. The van der Waals surface area contributed by atoms with E-state index in [1.807, 2.05) is 79.0 Å². The van der Waals surface area contributed by atoms with Gasteiger partial charge in [-0.15, -0.1) is 22.7 Å². The minimum absolute atomic E-state index is 0.194. The quantitative estimate of drug-likeness (QED) is 0.110. The summed E-state index contributed by atoms with van der Waals surface area (Å²) in [5.41, 5.74) is 8.16. The molecule has 6 aromatic carbocycles. The smallest absolute Gasteiger partial charge is 0.189 e. The molecule has 10 rings (SSSR count). The number of thiophene rings is 2. The average Bonchev–Trinajstić information content (AvgIpc) is 4.04. The fraction of sp³-hybridized carbons (Fsp3) is 0.102. The summed E-state index contributed by atoms with van der Waals surface area (Å²) in [6, 6.07) is 49.4. The molecule has 10 aromatic rings. The van der Waals surface area contributed by atoms with Crippen LogP contribution in [0, 0.1) is 0 Å². The van der Waals surface area contributed by atoms with Crippen LogP contribution in [0.2, 0.25) is 0 Å². The van der Waals surface area contributed by atoms with Crippen LogP contribution in [0.1, 0.15) is 6.92 Å². The topological polar surface area (TPSA) is 67.0 Å². The molecule has 7 nitrogen and oxygen atoms in total. The predicted molar refractivity (Wildman–Crippen MR) is 240 cm³/mol. The second-order valence-electron chi connectivity index (χ2n) is 13.5. The number of para-hydroxylation sites is 6. The zero-order valence-electron chi connectivity index (χ0n) is 32.2. The first-order valence-electron chi connectivity index (χ1n) is 19.0. The zero-order chi connectivity index (χ0) is 39.6. The Kier molecular flexibility index (Phi) is 10.3. The van der Waals surface area contributed by atoms with Gasteiger partial charge >= 0.3 is 0 Å². The van der Waals surface area contributed by atoms with E-state index in [1.165, 1.54) is 32.9 Å². The summed E-state index contributed by atoms with van der Waals surface area (Å²) in [6.45, 7) is 2.75. The van der Waals surface area contributed by atoms with Gasteiger partial charge in [0.05, 0.1) is 51.7 Å². The van der Waals surface area contributed by atoms with Crippen LogP contribution >= 0.6 is 22.7 Å². The summed E-state index contributed by atoms with van der Waals surface area (Å²) in [7, 11) is 3.35. The lowest BCUT2D eigenvalue weighted by atomic mass is 10.1. The molecule has 0 atom stereocenters. The van der Waals surface area contributed by atoms with Crippen molar-refractivity contribution in [2.45, 2.75) is 6.92 Å². The van der Waals surface area contributed by atoms with Gasteiger partial charge in [-0.25, -0.2) is 0 Å². The van der Waals surface area contributed by atoms with Gasteiger partial charge in [0.1, 0.15) is 17.2 Å². The summed E-state index contributed by atoms with van der Waals surface area (Å²) in [6.07, 6.45) is 0. The van der Waals surface area contributed by atoms with Crippen molar-refractivity contribution >= 4 is 66.3 Å². The van der Waals surface area contributed by atoms with Crippen molar-refractivity contribution in [3.8, 4) is 55.3 Å². The standard InChI is InChI=1S/C26H23NO3S.C23H17NO2S/c1-3-29-17-30-25-23(16-31-26(25)20-12-6-9-15-24(20)28-2)27-21-13-7-4-10-18(21)19-11-5-8-14-22(19)27;1-26-21-13-7-4-10-17(21)23-22(25)20(14-27-23)24-18-11-5-2-8-15(18)16-9-3-6-12-19(16)24/h4-16H,3,17H2,1-2H3;2-14,25H,1H3. The van der Waals surface area contributed by atoms with Crippen LogP contribution in [0.15, 0.2) is 156 Å². The number of aromatic nitrogens is 2. The number of rotatable bonds is 10. The van der Waals surface area contributed by atoms with Crippen LogP contribution in [0.4, 0.5) is 0 Å². The van der Waals surface area contributed by atoms with E-state index >= 15 is 0 Å². The Morgan fingerprint density at radius 1 is 0.500 bits per heavy atom. The Hall–Kier alpha value is -6.52. The van der Waals surface area contributed by atoms with Gasteiger partial charge in [-0.3, -0.25) is 0 Å². The minimum atomic E-state index is 0.194. The Balaban J connectivity index is 0.000000152. The molecule has 0 bridgehead atoms. The number of benzene rings is 6. The molecule has 0 aliphatic heterocycles. The number of methoxy groups -OCH3 is 2. The Morgan fingerprint density at radius 3 is 1.38 bits per heavy atom. The van der Waals surface area contributed by atoms with Gasteiger partial charge in [-0.1, -0.05) is 97.1 Å². The van der Waals surface area contributed by atoms with E-state index in [0.717, 1.165) is 71.6 Å². The molecule has 288 valence electrons. The maximum Gasteiger partial charge on any atom is 0.189 e. The number of nitrogens with zero attached hydrogens (tertiary/aromatic N) is 2. The van der Waals surface area contributed by atoms with Crippen LogP contribution in [0.5, 0.6) is 23.0 Å². The van der Waals surface area contributed by atoms with Gasteiger partial charge in [0.25, 0.3) is 0 Å². The highest BCUT2D eigenvalue weighted by molar-refractivity contribution is 7.14. The molecule has 4 heterocycles. The van der Waals surface area contributed by atoms with Crippen molar-refractivity contribution in [3.05, 3.63) is 156 Å². The second kappa shape index (κ2) is 16.1. The molecule has 0 fully saturated rings. The first kappa shape index (κ1) is 37.1. The van der Waals surface area contributed by atoms with E-state index < -0.39 is 0 Å². The third kappa shape index (κ3) is 6.43. The highest BCUT2D eigenvalue weighted by Crippen LogP contribution is 2.48. The molecular formula is C49H40N2O5S2. The number of hydrogen-bond donors (Lipinski definition) is 1. The molecule has 58 heavy (non-hydrogen) atoms. The Labute approximate surface area is 344 Å². The average molecular weight is 801 g/mol. The van der Waals surface area contributed by atoms with Gasteiger partial charge in [-0.2, -0.15) is 0 Å². The second-order valence-corrected chi connectivity index (χ2v) is 15.2. The summed E-state index contributed by atoms with van der Waals surface area (Å²) < 4.78 is 27.3. The summed E-state index contributed by atoms with van der Waals surface area (Å²) in [5.74, 6) is 2.65. The fourth-order valence-corrected chi connectivity index (χ4v) is 9.69. The van der Waals surface area contributed by atoms with E-state index in [2.05, 4.69) is 93.4 Å². The number of aromatic hydroxyl groups is 1. The summed E-state index contributed by atoms with van der Waals surface area (Å²) >= 11 is 3.17. The summed E-state index contributed by atoms with van der Waals surface area (Å²) in [5, 5.41) is 20.1. The molecule has 0 aliphatic rings. The maximum atomic E-state index is 11.1. The Bertz CT molecular complexity index is 2940. The molecule has 4 aromatic heterocycles.